The molecule has 0 radical (unpaired) electrons. The largest absolute Gasteiger partial charge is 0.480 e. The van der Waals surface area contributed by atoms with E-state index in [0.717, 1.165) is 52.2 Å². The molecule has 17 heavy (non-hydrogen) atoms. The average Bonchev–Trinajstić information content (AvgIpc) is 3.12. The summed E-state index contributed by atoms with van der Waals surface area (Å²) in [5.41, 5.74) is 0. The molecule has 2 aliphatic rings. The molecule has 2 fully saturated rings. The predicted molar refractivity (Wildman–Crippen MR) is 64.0 cm³/mol. The summed E-state index contributed by atoms with van der Waals surface area (Å²) < 4.78 is 5.06. The number of methoxy groups -OCH3 is 1. The van der Waals surface area contributed by atoms with Crippen molar-refractivity contribution in [3.05, 3.63) is 0 Å². The minimum absolute atomic E-state index is 0.237. The Morgan fingerprint density at radius 1 is 1.35 bits per heavy atom. The summed E-state index contributed by atoms with van der Waals surface area (Å²) in [4.78, 5) is 15.7. The van der Waals surface area contributed by atoms with Gasteiger partial charge in [-0.25, -0.2) is 0 Å². The number of piperazine rings is 1. The Kier molecular flexibility index (Phi) is 4.36. The maximum absolute atomic E-state index is 11.3. The van der Waals surface area contributed by atoms with Crippen molar-refractivity contribution in [1.29, 1.82) is 0 Å². The maximum atomic E-state index is 11.3. The van der Waals surface area contributed by atoms with Crippen LogP contribution in [0.2, 0.25) is 0 Å². The van der Waals surface area contributed by atoms with Gasteiger partial charge >= 0.3 is 5.97 Å². The summed E-state index contributed by atoms with van der Waals surface area (Å²) in [5, 5.41) is 9.27. The highest BCUT2D eigenvalue weighted by atomic mass is 16.5. The maximum Gasteiger partial charge on any atom is 0.321 e. The first-order valence-corrected chi connectivity index (χ1v) is 6.40. The number of ether oxygens (including phenoxy) is 1. The van der Waals surface area contributed by atoms with Gasteiger partial charge in [0.15, 0.2) is 0 Å². The smallest absolute Gasteiger partial charge is 0.321 e. The fraction of sp³-hybridized carbons (Fsp3) is 0.917. The normalized spacial score (nSPS) is 24.8. The predicted octanol–water partition coefficient (Wildman–Crippen LogP) is 0.114. The number of aliphatic carboxylic acids is 1. The van der Waals surface area contributed by atoms with Gasteiger partial charge in [-0.1, -0.05) is 0 Å². The molecule has 1 unspecified atom stereocenters. The summed E-state index contributed by atoms with van der Waals surface area (Å²) >= 11 is 0. The molecule has 0 amide bonds. The molecule has 1 atom stereocenters. The fourth-order valence-electron chi connectivity index (χ4n) is 2.55. The van der Waals surface area contributed by atoms with Gasteiger partial charge in [0.2, 0.25) is 0 Å². The van der Waals surface area contributed by atoms with Crippen LogP contribution >= 0.6 is 0 Å². The van der Waals surface area contributed by atoms with Crippen molar-refractivity contribution in [2.45, 2.75) is 18.9 Å². The molecule has 1 heterocycles. The Morgan fingerprint density at radius 2 is 2.00 bits per heavy atom. The third-order valence-electron chi connectivity index (χ3n) is 3.73. The van der Waals surface area contributed by atoms with Crippen LogP contribution in [-0.4, -0.2) is 73.4 Å². The summed E-state index contributed by atoms with van der Waals surface area (Å²) in [5.74, 6) is -0.240. The van der Waals surface area contributed by atoms with Gasteiger partial charge in [0.05, 0.1) is 6.61 Å². The molecule has 1 aliphatic carbocycles. The first-order valence-electron chi connectivity index (χ1n) is 6.40. The lowest BCUT2D eigenvalue weighted by molar-refractivity contribution is -0.145. The second kappa shape index (κ2) is 5.80. The Balaban J connectivity index is 1.79. The van der Waals surface area contributed by atoms with Crippen LogP contribution in [0.4, 0.5) is 0 Å². The Morgan fingerprint density at radius 3 is 2.47 bits per heavy atom. The van der Waals surface area contributed by atoms with E-state index in [1.807, 2.05) is 0 Å². The van der Waals surface area contributed by atoms with Crippen molar-refractivity contribution in [3.63, 3.8) is 0 Å². The van der Waals surface area contributed by atoms with Crippen LogP contribution in [0.25, 0.3) is 0 Å². The van der Waals surface area contributed by atoms with E-state index in [4.69, 9.17) is 4.74 Å². The average molecular weight is 242 g/mol. The number of carbonyl (C=O) groups is 1. The molecule has 5 heteroatoms. The standard InChI is InChI=1S/C12H22N2O3/c1-17-9-8-13-4-6-14(7-5-13)11(12(15)16)10-2-3-10/h10-11H,2-9H2,1H3,(H,15,16). The van der Waals surface area contributed by atoms with Crippen LogP contribution in [0, 0.1) is 5.92 Å². The van der Waals surface area contributed by atoms with Gasteiger partial charge in [0.1, 0.15) is 6.04 Å². The molecule has 0 spiro atoms. The van der Waals surface area contributed by atoms with Crippen molar-refractivity contribution in [2.75, 3.05) is 46.4 Å². The van der Waals surface area contributed by atoms with Crippen molar-refractivity contribution in [2.24, 2.45) is 5.92 Å². The monoisotopic (exact) mass is 242 g/mol. The van der Waals surface area contributed by atoms with Gasteiger partial charge in [0, 0.05) is 39.8 Å². The third kappa shape index (κ3) is 3.40. The van der Waals surface area contributed by atoms with E-state index in [-0.39, 0.29) is 6.04 Å². The van der Waals surface area contributed by atoms with E-state index in [0.29, 0.717) is 5.92 Å². The minimum Gasteiger partial charge on any atom is -0.480 e. The van der Waals surface area contributed by atoms with Gasteiger partial charge in [-0.2, -0.15) is 0 Å². The number of carboxylic acids is 1. The SMILES string of the molecule is COCCN1CCN(C(C(=O)O)C2CC2)CC1. The van der Waals surface area contributed by atoms with Crippen LogP contribution in [0.15, 0.2) is 0 Å². The Hall–Kier alpha value is -0.650. The molecule has 0 bridgehead atoms. The zero-order chi connectivity index (χ0) is 12.3. The van der Waals surface area contributed by atoms with Crippen LogP contribution in [0.5, 0.6) is 0 Å². The van der Waals surface area contributed by atoms with Crippen LogP contribution < -0.4 is 0 Å². The highest BCUT2D eigenvalue weighted by Crippen LogP contribution is 2.35. The molecule has 0 aromatic heterocycles. The summed E-state index contributed by atoms with van der Waals surface area (Å²) in [6.07, 6.45) is 2.17. The molecular formula is C12H22N2O3. The van der Waals surface area contributed by atoms with E-state index in [2.05, 4.69) is 9.80 Å². The number of hydrogen-bond donors (Lipinski definition) is 1. The molecule has 1 saturated carbocycles. The molecule has 0 aromatic carbocycles. The quantitative estimate of drug-likeness (QED) is 0.716. The Bertz CT molecular complexity index is 260. The van der Waals surface area contributed by atoms with Gasteiger partial charge < -0.3 is 9.84 Å². The zero-order valence-corrected chi connectivity index (χ0v) is 10.5. The van der Waals surface area contributed by atoms with Crippen LogP contribution in [0.3, 0.4) is 0 Å². The first-order chi connectivity index (χ1) is 8.22. The molecule has 98 valence electrons. The molecule has 5 nitrogen and oxygen atoms in total. The molecule has 0 aromatic rings. The summed E-state index contributed by atoms with van der Waals surface area (Å²) in [6.45, 7) is 5.37. The first kappa shape index (κ1) is 12.8. The third-order valence-corrected chi connectivity index (χ3v) is 3.73. The number of hydrogen-bond acceptors (Lipinski definition) is 4. The number of carboxylic acid groups (broad SMARTS) is 1. The fourth-order valence-corrected chi connectivity index (χ4v) is 2.55. The lowest BCUT2D eigenvalue weighted by Crippen LogP contribution is -2.53. The van der Waals surface area contributed by atoms with Crippen molar-refractivity contribution < 1.29 is 14.6 Å². The summed E-state index contributed by atoms with van der Waals surface area (Å²) in [7, 11) is 1.71. The minimum atomic E-state index is -0.641. The summed E-state index contributed by atoms with van der Waals surface area (Å²) in [6, 6.07) is -0.237. The van der Waals surface area contributed by atoms with Crippen molar-refractivity contribution in [1.82, 2.24) is 9.80 Å². The lowest BCUT2D eigenvalue weighted by atomic mass is 10.1. The van der Waals surface area contributed by atoms with E-state index in [9.17, 15) is 9.90 Å². The molecule has 1 N–H and O–H groups in total. The van der Waals surface area contributed by atoms with Crippen molar-refractivity contribution in [3.8, 4) is 0 Å². The van der Waals surface area contributed by atoms with E-state index >= 15 is 0 Å². The molecule has 1 aliphatic heterocycles. The lowest BCUT2D eigenvalue weighted by Gasteiger charge is -2.37. The van der Waals surface area contributed by atoms with Gasteiger partial charge in [-0.3, -0.25) is 14.6 Å². The second-order valence-electron chi connectivity index (χ2n) is 4.99. The molecule has 2 rings (SSSR count). The van der Waals surface area contributed by atoms with Crippen LogP contribution in [0.1, 0.15) is 12.8 Å². The Labute approximate surface area is 102 Å². The van der Waals surface area contributed by atoms with E-state index in [1.165, 1.54) is 0 Å². The number of nitrogens with zero attached hydrogens (tertiary/aromatic N) is 2. The van der Waals surface area contributed by atoms with Crippen molar-refractivity contribution >= 4 is 5.97 Å². The van der Waals surface area contributed by atoms with Crippen LogP contribution in [-0.2, 0) is 9.53 Å². The second-order valence-corrected chi connectivity index (χ2v) is 4.99. The van der Waals surface area contributed by atoms with Gasteiger partial charge in [-0.05, 0) is 18.8 Å². The van der Waals surface area contributed by atoms with Gasteiger partial charge in [-0.15, -0.1) is 0 Å². The van der Waals surface area contributed by atoms with Gasteiger partial charge in [0.25, 0.3) is 0 Å². The topological polar surface area (TPSA) is 53.0 Å². The molecule has 1 saturated heterocycles. The zero-order valence-electron chi connectivity index (χ0n) is 10.5. The highest BCUT2D eigenvalue weighted by Gasteiger charge is 2.40. The van der Waals surface area contributed by atoms with E-state index in [1.54, 1.807) is 7.11 Å². The highest BCUT2D eigenvalue weighted by molar-refractivity contribution is 5.74. The number of rotatable bonds is 6. The molecular weight excluding hydrogens is 220 g/mol. The van der Waals surface area contributed by atoms with E-state index < -0.39 is 5.97 Å².